The van der Waals surface area contributed by atoms with Gasteiger partial charge >= 0.3 is 0 Å². The van der Waals surface area contributed by atoms with E-state index in [0.29, 0.717) is 18.1 Å². The number of ether oxygens (including phenoxy) is 1. The topological polar surface area (TPSA) is 76.1 Å². The number of aromatic nitrogens is 2. The van der Waals surface area contributed by atoms with Crippen LogP contribution in [0, 0.1) is 0 Å². The molecule has 1 amide bonds. The molecule has 1 aromatic rings. The molecule has 0 atom stereocenters. The molecule has 0 bridgehead atoms. The van der Waals surface area contributed by atoms with Crippen molar-refractivity contribution in [2.75, 3.05) is 32.6 Å². The fourth-order valence-electron chi connectivity index (χ4n) is 1.44. The molecule has 0 aliphatic rings. The Kier molecular flexibility index (Phi) is 6.71. The van der Waals surface area contributed by atoms with Crippen molar-refractivity contribution in [3.8, 4) is 0 Å². The molecule has 18 heavy (non-hydrogen) atoms. The number of carbonyl (C=O) groups is 1. The zero-order chi connectivity index (χ0) is 13.2. The van der Waals surface area contributed by atoms with Gasteiger partial charge in [0.1, 0.15) is 11.5 Å². The van der Waals surface area contributed by atoms with Crippen molar-refractivity contribution >= 4 is 11.7 Å². The molecule has 0 unspecified atom stereocenters. The Morgan fingerprint density at radius 1 is 1.33 bits per heavy atom. The molecule has 6 heteroatoms. The van der Waals surface area contributed by atoms with E-state index in [0.717, 1.165) is 25.9 Å². The van der Waals surface area contributed by atoms with Crippen molar-refractivity contribution in [1.29, 1.82) is 0 Å². The molecule has 0 fully saturated rings. The molecule has 0 aliphatic carbocycles. The van der Waals surface area contributed by atoms with Gasteiger partial charge in [0, 0.05) is 27.3 Å². The Morgan fingerprint density at radius 3 is 2.89 bits per heavy atom. The Balaban J connectivity index is 2.27. The lowest BCUT2D eigenvalue weighted by Gasteiger charge is -2.05. The molecule has 100 valence electrons. The summed E-state index contributed by atoms with van der Waals surface area (Å²) >= 11 is 0. The van der Waals surface area contributed by atoms with Gasteiger partial charge in [-0.15, -0.1) is 0 Å². The third-order valence-corrected chi connectivity index (χ3v) is 2.43. The first kappa shape index (κ1) is 14.4. The lowest BCUT2D eigenvalue weighted by Crippen LogP contribution is -2.25. The monoisotopic (exact) mass is 252 g/mol. The van der Waals surface area contributed by atoms with Gasteiger partial charge in [0.05, 0.1) is 12.4 Å². The second kappa shape index (κ2) is 8.41. The number of carbonyl (C=O) groups excluding carboxylic acids is 1. The summed E-state index contributed by atoms with van der Waals surface area (Å²) in [5.41, 5.74) is 0.332. The zero-order valence-electron chi connectivity index (χ0n) is 10.9. The highest BCUT2D eigenvalue weighted by Gasteiger charge is 2.07. The summed E-state index contributed by atoms with van der Waals surface area (Å²) in [6.45, 7) is 1.41. The summed E-state index contributed by atoms with van der Waals surface area (Å²) in [5.74, 6) is 0.397. The second-order valence-corrected chi connectivity index (χ2v) is 3.85. The summed E-state index contributed by atoms with van der Waals surface area (Å²) in [6, 6.07) is 0. The molecule has 0 saturated heterocycles. The normalized spacial score (nSPS) is 10.1. The predicted octanol–water partition coefficient (Wildman–Crippen LogP) is 1.06. The minimum absolute atomic E-state index is 0.189. The predicted molar refractivity (Wildman–Crippen MR) is 69.6 cm³/mol. The Morgan fingerprint density at radius 2 is 2.17 bits per heavy atom. The minimum Gasteiger partial charge on any atom is -0.385 e. The number of rotatable bonds is 8. The van der Waals surface area contributed by atoms with E-state index in [-0.39, 0.29) is 5.91 Å². The molecule has 1 aromatic heterocycles. The maximum absolute atomic E-state index is 11.7. The SMILES string of the molecule is CNc1cncc(C(=O)NCCCCCOC)n1. The number of hydrogen-bond donors (Lipinski definition) is 2. The van der Waals surface area contributed by atoms with Crippen LogP contribution >= 0.6 is 0 Å². The van der Waals surface area contributed by atoms with E-state index in [1.807, 2.05) is 0 Å². The van der Waals surface area contributed by atoms with E-state index in [9.17, 15) is 4.79 Å². The van der Waals surface area contributed by atoms with E-state index in [1.54, 1.807) is 20.4 Å². The van der Waals surface area contributed by atoms with Gasteiger partial charge in [-0.05, 0) is 19.3 Å². The Bertz CT molecular complexity index is 371. The van der Waals surface area contributed by atoms with Crippen molar-refractivity contribution in [2.45, 2.75) is 19.3 Å². The third-order valence-electron chi connectivity index (χ3n) is 2.43. The number of nitrogens with zero attached hydrogens (tertiary/aromatic N) is 2. The van der Waals surface area contributed by atoms with E-state index >= 15 is 0 Å². The summed E-state index contributed by atoms with van der Waals surface area (Å²) < 4.78 is 4.95. The van der Waals surface area contributed by atoms with Gasteiger partial charge in [-0.1, -0.05) is 0 Å². The van der Waals surface area contributed by atoms with Crippen LogP contribution in [0.5, 0.6) is 0 Å². The van der Waals surface area contributed by atoms with Crippen LogP contribution in [0.4, 0.5) is 5.82 Å². The van der Waals surface area contributed by atoms with Crippen molar-refractivity contribution in [3.05, 3.63) is 18.1 Å². The largest absolute Gasteiger partial charge is 0.385 e. The number of unbranched alkanes of at least 4 members (excludes halogenated alkanes) is 2. The molecule has 0 spiro atoms. The van der Waals surface area contributed by atoms with Gasteiger partial charge in [-0.25, -0.2) is 4.98 Å². The van der Waals surface area contributed by atoms with E-state index < -0.39 is 0 Å². The summed E-state index contributed by atoms with van der Waals surface area (Å²) in [5, 5.41) is 5.66. The zero-order valence-corrected chi connectivity index (χ0v) is 10.9. The average molecular weight is 252 g/mol. The Labute approximate surface area is 107 Å². The first-order chi connectivity index (χ1) is 8.77. The van der Waals surface area contributed by atoms with Crippen LogP contribution in [0.3, 0.4) is 0 Å². The van der Waals surface area contributed by atoms with Crippen LogP contribution in [0.1, 0.15) is 29.8 Å². The molecular formula is C12H20N4O2. The fraction of sp³-hybridized carbons (Fsp3) is 0.583. The standard InChI is InChI=1S/C12H20N4O2/c1-13-11-9-14-8-10(16-11)12(17)15-6-4-3-5-7-18-2/h8-9H,3-7H2,1-2H3,(H,13,16)(H,15,17). The van der Waals surface area contributed by atoms with Crippen LogP contribution in [-0.4, -0.2) is 43.2 Å². The number of anilines is 1. The molecule has 2 N–H and O–H groups in total. The summed E-state index contributed by atoms with van der Waals surface area (Å²) in [7, 11) is 3.43. The number of amides is 1. The first-order valence-electron chi connectivity index (χ1n) is 6.05. The highest BCUT2D eigenvalue weighted by atomic mass is 16.5. The molecule has 1 rings (SSSR count). The van der Waals surface area contributed by atoms with Gasteiger partial charge < -0.3 is 15.4 Å². The van der Waals surface area contributed by atoms with Gasteiger partial charge in [0.15, 0.2) is 0 Å². The van der Waals surface area contributed by atoms with E-state index in [2.05, 4.69) is 20.6 Å². The molecule has 0 saturated carbocycles. The highest BCUT2D eigenvalue weighted by Crippen LogP contribution is 2.01. The van der Waals surface area contributed by atoms with Gasteiger partial charge in [0.2, 0.25) is 0 Å². The van der Waals surface area contributed by atoms with Crippen molar-refractivity contribution in [3.63, 3.8) is 0 Å². The molecule has 0 radical (unpaired) electrons. The Hall–Kier alpha value is -1.69. The van der Waals surface area contributed by atoms with Crippen molar-refractivity contribution < 1.29 is 9.53 Å². The van der Waals surface area contributed by atoms with Crippen LogP contribution < -0.4 is 10.6 Å². The van der Waals surface area contributed by atoms with Crippen LogP contribution in [0.15, 0.2) is 12.4 Å². The lowest BCUT2D eigenvalue weighted by atomic mass is 10.2. The van der Waals surface area contributed by atoms with Gasteiger partial charge in [0.25, 0.3) is 5.91 Å². The molecule has 6 nitrogen and oxygen atoms in total. The van der Waals surface area contributed by atoms with Crippen LogP contribution in [0.2, 0.25) is 0 Å². The van der Waals surface area contributed by atoms with Crippen LogP contribution in [0.25, 0.3) is 0 Å². The van der Waals surface area contributed by atoms with E-state index in [1.165, 1.54) is 6.20 Å². The second-order valence-electron chi connectivity index (χ2n) is 3.85. The minimum atomic E-state index is -0.189. The van der Waals surface area contributed by atoms with Crippen molar-refractivity contribution in [1.82, 2.24) is 15.3 Å². The van der Waals surface area contributed by atoms with Gasteiger partial charge in [-0.2, -0.15) is 0 Å². The van der Waals surface area contributed by atoms with Crippen LogP contribution in [-0.2, 0) is 4.74 Å². The maximum atomic E-state index is 11.7. The summed E-state index contributed by atoms with van der Waals surface area (Å²) in [4.78, 5) is 19.8. The number of nitrogens with one attached hydrogen (secondary N) is 2. The molecule has 0 aliphatic heterocycles. The molecule has 0 aromatic carbocycles. The molecular weight excluding hydrogens is 232 g/mol. The van der Waals surface area contributed by atoms with Crippen molar-refractivity contribution in [2.24, 2.45) is 0 Å². The quantitative estimate of drug-likeness (QED) is 0.677. The maximum Gasteiger partial charge on any atom is 0.271 e. The molecule has 1 heterocycles. The number of methoxy groups -OCH3 is 1. The highest BCUT2D eigenvalue weighted by molar-refractivity contribution is 5.92. The van der Waals surface area contributed by atoms with Gasteiger partial charge in [-0.3, -0.25) is 9.78 Å². The fourth-order valence-corrected chi connectivity index (χ4v) is 1.44. The number of hydrogen-bond acceptors (Lipinski definition) is 5. The average Bonchev–Trinajstić information content (AvgIpc) is 2.42. The lowest BCUT2D eigenvalue weighted by molar-refractivity contribution is 0.0947. The summed E-state index contributed by atoms with van der Waals surface area (Å²) in [6.07, 6.45) is 6.02. The smallest absolute Gasteiger partial charge is 0.271 e. The third kappa shape index (κ3) is 5.09. The van der Waals surface area contributed by atoms with E-state index in [4.69, 9.17) is 4.74 Å². The first-order valence-corrected chi connectivity index (χ1v) is 6.05.